The van der Waals surface area contributed by atoms with Gasteiger partial charge in [0.25, 0.3) is 0 Å². The van der Waals surface area contributed by atoms with Crippen LogP contribution in [0, 0.1) is 19.7 Å². The highest BCUT2D eigenvalue weighted by atomic mass is 19.1. The van der Waals surface area contributed by atoms with Crippen LogP contribution in [0.15, 0.2) is 36.5 Å². The van der Waals surface area contributed by atoms with E-state index in [0.717, 1.165) is 5.69 Å². The lowest BCUT2D eigenvalue weighted by Gasteiger charge is -2.11. The Bertz CT molecular complexity index is 886. The molecule has 0 aliphatic rings. The highest BCUT2D eigenvalue weighted by Crippen LogP contribution is 2.18. The van der Waals surface area contributed by atoms with Gasteiger partial charge in [0.05, 0.1) is 18.4 Å². The summed E-state index contributed by atoms with van der Waals surface area (Å²) in [7, 11) is 0. The molecule has 3 aromatic rings. The molecule has 0 spiro atoms. The van der Waals surface area contributed by atoms with Crippen molar-refractivity contribution in [1.82, 2.24) is 24.8 Å². The number of nitrogens with zero attached hydrogens (tertiary/aromatic N) is 5. The minimum absolute atomic E-state index is 0.0155. The van der Waals surface area contributed by atoms with Crippen LogP contribution in [0.2, 0.25) is 0 Å². The van der Waals surface area contributed by atoms with Crippen molar-refractivity contribution in [2.45, 2.75) is 26.5 Å². The molecular weight excluding hydrogens is 313 g/mol. The molecule has 2 heterocycles. The largest absolute Gasteiger partial charge is 0.386 e. The van der Waals surface area contributed by atoms with Crippen molar-refractivity contribution in [2.75, 3.05) is 0 Å². The van der Waals surface area contributed by atoms with Crippen LogP contribution >= 0.6 is 0 Å². The van der Waals surface area contributed by atoms with E-state index >= 15 is 0 Å². The van der Waals surface area contributed by atoms with Crippen LogP contribution in [-0.4, -0.2) is 35.8 Å². The Hall–Kier alpha value is -2.87. The number of carbonyl (C=O) groups is 1. The first-order chi connectivity index (χ1) is 11.5. The number of hydrogen-bond acceptors (Lipinski definition) is 5. The standard InChI is InChI=1S/C16H16FN5O2/c1-10-7-11(2)22(19-10)16(24)14-8-21(20-18-14)9-15(23)12-5-3-4-6-13(12)17/h3-8,15,23H,9H2,1-2H3. The summed E-state index contributed by atoms with van der Waals surface area (Å²) in [5, 5.41) is 21.9. The summed E-state index contributed by atoms with van der Waals surface area (Å²) in [5.74, 6) is -0.906. The van der Waals surface area contributed by atoms with Crippen molar-refractivity contribution < 1.29 is 14.3 Å². The zero-order valence-corrected chi connectivity index (χ0v) is 13.2. The molecule has 3 rings (SSSR count). The number of aromatic nitrogens is 5. The van der Waals surface area contributed by atoms with E-state index < -0.39 is 17.8 Å². The molecule has 0 bridgehead atoms. The molecule has 0 amide bonds. The molecule has 0 saturated heterocycles. The van der Waals surface area contributed by atoms with Gasteiger partial charge in [-0.2, -0.15) is 9.78 Å². The minimum atomic E-state index is -1.09. The first kappa shape index (κ1) is 16.0. The molecule has 2 aromatic heterocycles. The smallest absolute Gasteiger partial charge is 0.300 e. The fraction of sp³-hybridized carbons (Fsp3) is 0.250. The number of aryl methyl sites for hydroxylation is 2. The van der Waals surface area contributed by atoms with Gasteiger partial charge in [-0.15, -0.1) is 5.10 Å². The second-order valence-electron chi connectivity index (χ2n) is 5.51. The summed E-state index contributed by atoms with van der Waals surface area (Å²) in [4.78, 5) is 12.4. The van der Waals surface area contributed by atoms with Gasteiger partial charge in [0, 0.05) is 11.3 Å². The van der Waals surface area contributed by atoms with Gasteiger partial charge in [0.2, 0.25) is 0 Å². The zero-order chi connectivity index (χ0) is 17.3. The van der Waals surface area contributed by atoms with Gasteiger partial charge in [0.15, 0.2) is 5.69 Å². The molecule has 0 saturated carbocycles. The average Bonchev–Trinajstić information content (AvgIpc) is 3.13. The third-order valence-electron chi connectivity index (χ3n) is 3.58. The third kappa shape index (κ3) is 3.09. The molecule has 124 valence electrons. The van der Waals surface area contributed by atoms with Crippen molar-refractivity contribution in [2.24, 2.45) is 0 Å². The maximum atomic E-state index is 13.7. The Labute approximate surface area is 137 Å². The fourth-order valence-corrected chi connectivity index (χ4v) is 2.45. The second kappa shape index (κ2) is 6.32. The second-order valence-corrected chi connectivity index (χ2v) is 5.51. The molecule has 7 nitrogen and oxygen atoms in total. The van der Waals surface area contributed by atoms with E-state index in [4.69, 9.17) is 0 Å². The van der Waals surface area contributed by atoms with Gasteiger partial charge in [-0.05, 0) is 26.0 Å². The average molecular weight is 329 g/mol. The summed E-state index contributed by atoms with van der Waals surface area (Å²) in [6.07, 6.45) is 0.313. The quantitative estimate of drug-likeness (QED) is 0.786. The van der Waals surface area contributed by atoms with E-state index in [9.17, 15) is 14.3 Å². The molecular formula is C16H16FN5O2. The van der Waals surface area contributed by atoms with Crippen LogP contribution < -0.4 is 0 Å². The van der Waals surface area contributed by atoms with Gasteiger partial charge in [0.1, 0.15) is 11.9 Å². The fourth-order valence-electron chi connectivity index (χ4n) is 2.45. The molecule has 24 heavy (non-hydrogen) atoms. The van der Waals surface area contributed by atoms with Crippen LogP contribution in [0.3, 0.4) is 0 Å². The minimum Gasteiger partial charge on any atom is -0.386 e. The van der Waals surface area contributed by atoms with Gasteiger partial charge >= 0.3 is 5.91 Å². The predicted octanol–water partition coefficient (Wildman–Crippen LogP) is 1.65. The van der Waals surface area contributed by atoms with Crippen LogP contribution in [-0.2, 0) is 6.54 Å². The first-order valence-corrected chi connectivity index (χ1v) is 7.36. The van der Waals surface area contributed by atoms with Crippen molar-refractivity contribution in [3.05, 3.63) is 65.0 Å². The van der Waals surface area contributed by atoms with Crippen molar-refractivity contribution in [3.63, 3.8) is 0 Å². The summed E-state index contributed by atoms with van der Waals surface area (Å²) in [6.45, 7) is 3.54. The van der Waals surface area contributed by atoms with E-state index in [1.54, 1.807) is 32.0 Å². The normalized spacial score (nSPS) is 12.3. The van der Waals surface area contributed by atoms with E-state index in [-0.39, 0.29) is 17.8 Å². The summed E-state index contributed by atoms with van der Waals surface area (Å²) < 4.78 is 16.2. The van der Waals surface area contributed by atoms with Crippen LogP contribution in [0.1, 0.15) is 33.5 Å². The Morgan fingerprint density at radius 2 is 2.08 bits per heavy atom. The number of aliphatic hydroxyl groups excluding tert-OH is 1. The Morgan fingerprint density at radius 3 is 2.75 bits per heavy atom. The third-order valence-corrected chi connectivity index (χ3v) is 3.58. The molecule has 0 fully saturated rings. The molecule has 0 aliphatic carbocycles. The lowest BCUT2D eigenvalue weighted by molar-refractivity contribution is 0.0937. The van der Waals surface area contributed by atoms with Gasteiger partial charge in [-0.25, -0.2) is 9.07 Å². The van der Waals surface area contributed by atoms with Crippen LogP contribution in [0.5, 0.6) is 0 Å². The number of halogens is 1. The highest BCUT2D eigenvalue weighted by Gasteiger charge is 2.18. The van der Waals surface area contributed by atoms with Crippen LogP contribution in [0.4, 0.5) is 4.39 Å². The van der Waals surface area contributed by atoms with Gasteiger partial charge < -0.3 is 5.11 Å². The lowest BCUT2D eigenvalue weighted by atomic mass is 10.1. The summed E-state index contributed by atoms with van der Waals surface area (Å²) in [5.41, 5.74) is 1.68. The molecule has 1 aromatic carbocycles. The number of hydrogen-bond donors (Lipinski definition) is 1. The molecule has 1 unspecified atom stereocenters. The van der Waals surface area contributed by atoms with Gasteiger partial charge in [-0.3, -0.25) is 4.79 Å². The summed E-state index contributed by atoms with van der Waals surface area (Å²) >= 11 is 0. The maximum absolute atomic E-state index is 13.7. The first-order valence-electron chi connectivity index (χ1n) is 7.36. The SMILES string of the molecule is Cc1cc(C)n(C(=O)c2cn(CC(O)c3ccccc3F)nn2)n1. The number of benzene rings is 1. The Kier molecular flexibility index (Phi) is 4.22. The van der Waals surface area contributed by atoms with Crippen LogP contribution in [0.25, 0.3) is 0 Å². The van der Waals surface area contributed by atoms with E-state index in [2.05, 4.69) is 15.4 Å². The van der Waals surface area contributed by atoms with E-state index in [0.29, 0.717) is 5.69 Å². The van der Waals surface area contributed by atoms with E-state index in [1.165, 1.54) is 27.7 Å². The molecule has 0 radical (unpaired) electrons. The number of carbonyl (C=O) groups excluding carboxylic acids is 1. The maximum Gasteiger partial charge on any atom is 0.300 e. The predicted molar refractivity (Wildman–Crippen MR) is 82.8 cm³/mol. The highest BCUT2D eigenvalue weighted by molar-refractivity contribution is 5.93. The Morgan fingerprint density at radius 1 is 1.33 bits per heavy atom. The molecule has 1 atom stereocenters. The van der Waals surface area contributed by atoms with Crippen molar-refractivity contribution in [1.29, 1.82) is 0 Å². The van der Waals surface area contributed by atoms with Crippen molar-refractivity contribution >= 4 is 5.91 Å². The molecule has 8 heteroatoms. The summed E-state index contributed by atoms with van der Waals surface area (Å²) in [6, 6.07) is 7.74. The topological polar surface area (TPSA) is 85.8 Å². The van der Waals surface area contributed by atoms with Crippen molar-refractivity contribution in [3.8, 4) is 0 Å². The Balaban J connectivity index is 1.77. The van der Waals surface area contributed by atoms with Gasteiger partial charge in [-0.1, -0.05) is 23.4 Å². The zero-order valence-electron chi connectivity index (χ0n) is 13.2. The molecule has 1 N–H and O–H groups in total. The number of rotatable bonds is 4. The molecule has 0 aliphatic heterocycles. The number of aliphatic hydroxyl groups is 1. The van der Waals surface area contributed by atoms with E-state index in [1.807, 2.05) is 0 Å². The lowest BCUT2D eigenvalue weighted by Crippen LogP contribution is -2.16. The monoisotopic (exact) mass is 329 g/mol.